The summed E-state index contributed by atoms with van der Waals surface area (Å²) in [4.78, 5) is 4.73. The van der Waals surface area contributed by atoms with Gasteiger partial charge in [-0.2, -0.15) is 0 Å². The lowest BCUT2D eigenvalue weighted by molar-refractivity contribution is 0.980. The first kappa shape index (κ1) is 12.2. The van der Waals surface area contributed by atoms with Crippen LogP contribution in [0.25, 0.3) is 20.8 Å². The topological polar surface area (TPSA) is 24.9 Å². The number of aromatic nitrogens is 1. The van der Waals surface area contributed by atoms with Crippen molar-refractivity contribution in [2.24, 2.45) is 0 Å². The summed E-state index contributed by atoms with van der Waals surface area (Å²) in [6, 6.07) is 16.7. The molecule has 2 nitrogen and oxygen atoms in total. The third-order valence-corrected chi connectivity index (χ3v) is 4.09. The molecule has 0 saturated heterocycles. The molecule has 0 aliphatic rings. The van der Waals surface area contributed by atoms with Crippen LogP contribution in [0.5, 0.6) is 0 Å². The molecule has 19 heavy (non-hydrogen) atoms. The van der Waals surface area contributed by atoms with Gasteiger partial charge in [-0.25, -0.2) is 4.98 Å². The van der Waals surface area contributed by atoms with Crippen LogP contribution in [0.1, 0.15) is 13.3 Å². The quantitative estimate of drug-likeness (QED) is 0.736. The first-order valence-corrected chi connectivity index (χ1v) is 7.39. The number of thiazole rings is 1. The van der Waals surface area contributed by atoms with Gasteiger partial charge in [-0.05, 0) is 30.7 Å². The van der Waals surface area contributed by atoms with E-state index in [1.165, 1.54) is 16.0 Å². The monoisotopic (exact) mass is 268 g/mol. The van der Waals surface area contributed by atoms with E-state index in [9.17, 15) is 0 Å². The predicted molar refractivity (Wildman–Crippen MR) is 83.8 cm³/mol. The molecule has 3 aromatic rings. The molecule has 0 saturated carbocycles. The van der Waals surface area contributed by atoms with Gasteiger partial charge in [-0.15, -0.1) is 11.3 Å². The minimum absolute atomic E-state index is 0.988. The van der Waals surface area contributed by atoms with Crippen LogP contribution < -0.4 is 5.32 Å². The summed E-state index contributed by atoms with van der Waals surface area (Å²) in [5.74, 6) is 0. The molecule has 3 rings (SSSR count). The smallest absolute Gasteiger partial charge is 0.126 e. The first-order valence-electron chi connectivity index (χ1n) is 6.57. The molecule has 96 valence electrons. The van der Waals surface area contributed by atoms with Gasteiger partial charge in [0.1, 0.15) is 5.01 Å². The average molecular weight is 268 g/mol. The van der Waals surface area contributed by atoms with Crippen molar-refractivity contribution in [1.82, 2.24) is 4.98 Å². The van der Waals surface area contributed by atoms with Gasteiger partial charge in [0.25, 0.3) is 0 Å². The number of benzene rings is 2. The van der Waals surface area contributed by atoms with E-state index in [1.54, 1.807) is 11.3 Å². The summed E-state index contributed by atoms with van der Waals surface area (Å²) in [7, 11) is 0. The number of anilines is 1. The van der Waals surface area contributed by atoms with Crippen LogP contribution in [0, 0.1) is 0 Å². The Bertz CT molecular complexity index is 655. The number of hydrogen-bond acceptors (Lipinski definition) is 3. The highest BCUT2D eigenvalue weighted by atomic mass is 32.1. The van der Waals surface area contributed by atoms with Gasteiger partial charge < -0.3 is 5.32 Å². The van der Waals surface area contributed by atoms with Crippen molar-refractivity contribution in [1.29, 1.82) is 0 Å². The highest BCUT2D eigenvalue weighted by Gasteiger charge is 2.09. The second-order valence-electron chi connectivity index (χ2n) is 4.46. The van der Waals surface area contributed by atoms with Crippen molar-refractivity contribution in [3.63, 3.8) is 0 Å². The molecule has 0 atom stereocenters. The third kappa shape index (κ3) is 2.47. The predicted octanol–water partition coefficient (Wildman–Crippen LogP) is 4.79. The van der Waals surface area contributed by atoms with Crippen molar-refractivity contribution in [3.8, 4) is 10.6 Å². The van der Waals surface area contributed by atoms with Gasteiger partial charge >= 0.3 is 0 Å². The zero-order valence-corrected chi connectivity index (χ0v) is 11.7. The molecule has 0 aliphatic carbocycles. The van der Waals surface area contributed by atoms with E-state index in [4.69, 9.17) is 4.98 Å². The highest BCUT2D eigenvalue weighted by molar-refractivity contribution is 7.21. The molecule has 0 fully saturated rings. The lowest BCUT2D eigenvalue weighted by Crippen LogP contribution is -2.00. The fourth-order valence-electron chi connectivity index (χ4n) is 2.07. The lowest BCUT2D eigenvalue weighted by Gasteiger charge is -2.08. The summed E-state index contributed by atoms with van der Waals surface area (Å²) in [6.07, 6.45) is 1.12. The van der Waals surface area contributed by atoms with Gasteiger partial charge in [0, 0.05) is 17.8 Å². The van der Waals surface area contributed by atoms with Gasteiger partial charge in [-0.3, -0.25) is 0 Å². The molecule has 1 aromatic heterocycles. The van der Waals surface area contributed by atoms with Crippen molar-refractivity contribution >= 4 is 27.2 Å². The number of fused-ring (bicyclic) bond motifs is 1. The molecule has 0 radical (unpaired) electrons. The molecule has 0 aliphatic heterocycles. The number of rotatable bonds is 4. The second kappa shape index (κ2) is 5.41. The van der Waals surface area contributed by atoms with Gasteiger partial charge in [0.2, 0.25) is 0 Å². The fraction of sp³-hybridized carbons (Fsp3) is 0.188. The van der Waals surface area contributed by atoms with E-state index in [0.29, 0.717) is 0 Å². The largest absolute Gasteiger partial charge is 0.384 e. The van der Waals surface area contributed by atoms with Crippen LogP contribution in [0.2, 0.25) is 0 Å². The Morgan fingerprint density at radius 2 is 1.84 bits per heavy atom. The summed E-state index contributed by atoms with van der Waals surface area (Å²) in [6.45, 7) is 3.16. The molecule has 3 heteroatoms. The SMILES string of the molecule is CCCNc1ccccc1-c1nc2ccccc2s1. The number of nitrogens with zero attached hydrogens (tertiary/aromatic N) is 1. The second-order valence-corrected chi connectivity index (χ2v) is 5.49. The normalized spacial score (nSPS) is 10.8. The van der Waals surface area contributed by atoms with Crippen molar-refractivity contribution in [2.45, 2.75) is 13.3 Å². The van der Waals surface area contributed by atoms with Crippen LogP contribution in [-0.2, 0) is 0 Å². The van der Waals surface area contributed by atoms with Crippen molar-refractivity contribution in [3.05, 3.63) is 48.5 Å². The van der Waals surface area contributed by atoms with Crippen LogP contribution in [0.15, 0.2) is 48.5 Å². The van der Waals surface area contributed by atoms with Gasteiger partial charge in [0.15, 0.2) is 0 Å². The van der Waals surface area contributed by atoms with Crippen molar-refractivity contribution in [2.75, 3.05) is 11.9 Å². The molecular weight excluding hydrogens is 252 g/mol. The Morgan fingerprint density at radius 1 is 1.05 bits per heavy atom. The van der Waals surface area contributed by atoms with E-state index < -0.39 is 0 Å². The fourth-order valence-corrected chi connectivity index (χ4v) is 3.08. The van der Waals surface area contributed by atoms with Crippen LogP contribution in [0.4, 0.5) is 5.69 Å². The summed E-state index contributed by atoms with van der Waals surface area (Å²) >= 11 is 1.75. The molecule has 1 heterocycles. The average Bonchev–Trinajstić information content (AvgIpc) is 2.89. The molecule has 0 unspecified atom stereocenters. The van der Waals surface area contributed by atoms with Crippen LogP contribution in [-0.4, -0.2) is 11.5 Å². The maximum Gasteiger partial charge on any atom is 0.126 e. The Kier molecular flexibility index (Phi) is 3.47. The zero-order valence-electron chi connectivity index (χ0n) is 10.9. The van der Waals surface area contributed by atoms with E-state index >= 15 is 0 Å². The third-order valence-electron chi connectivity index (χ3n) is 3.02. The highest BCUT2D eigenvalue weighted by Crippen LogP contribution is 2.34. The Morgan fingerprint density at radius 3 is 2.68 bits per heavy atom. The zero-order chi connectivity index (χ0) is 13.1. The van der Waals surface area contributed by atoms with Gasteiger partial charge in [-0.1, -0.05) is 31.2 Å². The number of nitrogens with one attached hydrogen (secondary N) is 1. The molecule has 0 bridgehead atoms. The molecule has 1 N–H and O–H groups in total. The van der Waals surface area contributed by atoms with E-state index in [1.807, 2.05) is 6.07 Å². The Hall–Kier alpha value is -1.87. The number of para-hydroxylation sites is 2. The Labute approximate surface area is 117 Å². The maximum atomic E-state index is 4.73. The lowest BCUT2D eigenvalue weighted by atomic mass is 10.2. The molecular formula is C16H16N2S. The van der Waals surface area contributed by atoms with E-state index in [2.05, 4.69) is 54.7 Å². The van der Waals surface area contributed by atoms with Crippen molar-refractivity contribution < 1.29 is 0 Å². The summed E-state index contributed by atoms with van der Waals surface area (Å²) in [5.41, 5.74) is 3.44. The Balaban J connectivity index is 2.05. The summed E-state index contributed by atoms with van der Waals surface area (Å²) in [5, 5.41) is 4.56. The van der Waals surface area contributed by atoms with Gasteiger partial charge in [0.05, 0.1) is 10.2 Å². The minimum Gasteiger partial charge on any atom is -0.384 e. The molecule has 2 aromatic carbocycles. The van der Waals surface area contributed by atoms with Crippen LogP contribution in [0.3, 0.4) is 0 Å². The van der Waals surface area contributed by atoms with E-state index in [0.717, 1.165) is 23.5 Å². The first-order chi connectivity index (χ1) is 9.38. The van der Waals surface area contributed by atoms with E-state index in [-0.39, 0.29) is 0 Å². The van der Waals surface area contributed by atoms with Crippen LogP contribution >= 0.6 is 11.3 Å². The number of hydrogen-bond donors (Lipinski definition) is 1. The molecule has 0 spiro atoms. The standard InChI is InChI=1S/C16H16N2S/c1-2-11-17-13-8-4-3-7-12(13)16-18-14-9-5-6-10-15(14)19-16/h3-10,17H,2,11H2,1H3. The summed E-state index contributed by atoms with van der Waals surface area (Å²) < 4.78 is 1.24. The maximum absolute atomic E-state index is 4.73. The minimum atomic E-state index is 0.988. The molecule has 0 amide bonds.